The van der Waals surface area contributed by atoms with Gasteiger partial charge in [-0.3, -0.25) is 0 Å². The second-order valence-corrected chi connectivity index (χ2v) is 3.68. The number of fused-ring (bicyclic) bond motifs is 2. The maximum Gasteiger partial charge on any atom is 0.0110 e. The fourth-order valence-corrected chi connectivity index (χ4v) is 2.45. The molecule has 0 amide bonds. The first kappa shape index (κ1) is 6.62. The van der Waals surface area contributed by atoms with Crippen molar-refractivity contribution in [2.75, 3.05) is 13.1 Å². The van der Waals surface area contributed by atoms with Gasteiger partial charge in [-0.15, -0.1) is 0 Å². The minimum Gasteiger partial charge on any atom is -0.327 e. The van der Waals surface area contributed by atoms with Crippen molar-refractivity contribution in [2.45, 2.75) is 31.8 Å². The van der Waals surface area contributed by atoms with E-state index < -0.39 is 0 Å². The molecule has 2 nitrogen and oxygen atoms in total. The summed E-state index contributed by atoms with van der Waals surface area (Å²) in [5.74, 6) is 0.800. The topological polar surface area (TPSA) is 29.3 Å². The summed E-state index contributed by atoms with van der Waals surface area (Å²) < 4.78 is 0. The molecule has 0 aliphatic carbocycles. The molecule has 2 saturated heterocycles. The van der Waals surface area contributed by atoms with Gasteiger partial charge >= 0.3 is 0 Å². The van der Waals surface area contributed by atoms with E-state index in [2.05, 4.69) is 11.8 Å². The first-order chi connectivity index (χ1) is 4.79. The number of rotatable bonds is 0. The molecule has 4 atom stereocenters. The van der Waals surface area contributed by atoms with Crippen LogP contribution < -0.4 is 5.73 Å². The third-order valence-corrected chi connectivity index (χ3v) is 3.24. The molecule has 2 aliphatic rings. The molecule has 2 fully saturated rings. The Morgan fingerprint density at radius 2 is 2.00 bits per heavy atom. The summed E-state index contributed by atoms with van der Waals surface area (Å²) in [5, 5.41) is 0. The van der Waals surface area contributed by atoms with E-state index in [1.165, 1.54) is 25.9 Å². The highest BCUT2D eigenvalue weighted by molar-refractivity contribution is 4.94. The highest BCUT2D eigenvalue weighted by Gasteiger charge is 2.38. The molecule has 2 bridgehead atoms. The molecule has 58 valence electrons. The number of hydrogen-bond donors (Lipinski definition) is 1. The summed E-state index contributed by atoms with van der Waals surface area (Å²) in [6, 6.07) is 1.26. The third-order valence-electron chi connectivity index (χ3n) is 3.24. The number of nitrogens with zero attached hydrogens (tertiary/aromatic N) is 1. The highest BCUT2D eigenvalue weighted by Crippen LogP contribution is 2.31. The van der Waals surface area contributed by atoms with Crippen molar-refractivity contribution in [1.82, 2.24) is 4.90 Å². The Balaban J connectivity index is 2.13. The van der Waals surface area contributed by atoms with E-state index in [0.717, 1.165) is 12.0 Å². The van der Waals surface area contributed by atoms with E-state index in [0.29, 0.717) is 6.04 Å². The lowest BCUT2D eigenvalue weighted by Gasteiger charge is -2.34. The van der Waals surface area contributed by atoms with Gasteiger partial charge in [0.05, 0.1) is 0 Å². The lowest BCUT2D eigenvalue weighted by atomic mass is 9.89. The van der Waals surface area contributed by atoms with Crippen molar-refractivity contribution in [3.63, 3.8) is 0 Å². The summed E-state index contributed by atoms with van der Waals surface area (Å²) in [6.45, 7) is 4.84. The smallest absolute Gasteiger partial charge is 0.0110 e. The van der Waals surface area contributed by atoms with Gasteiger partial charge in [0, 0.05) is 12.1 Å². The Morgan fingerprint density at radius 3 is 2.70 bits per heavy atom. The van der Waals surface area contributed by atoms with Gasteiger partial charge in [-0.2, -0.15) is 0 Å². The Morgan fingerprint density at radius 1 is 1.30 bits per heavy atom. The van der Waals surface area contributed by atoms with E-state index in [1.807, 2.05) is 0 Å². The van der Waals surface area contributed by atoms with Gasteiger partial charge in [0.15, 0.2) is 0 Å². The van der Waals surface area contributed by atoms with Crippen molar-refractivity contribution in [2.24, 2.45) is 11.7 Å². The molecule has 2 aliphatic heterocycles. The second-order valence-electron chi connectivity index (χ2n) is 3.68. The van der Waals surface area contributed by atoms with Gasteiger partial charge in [-0.25, -0.2) is 0 Å². The van der Waals surface area contributed by atoms with Crippen molar-refractivity contribution >= 4 is 0 Å². The van der Waals surface area contributed by atoms with E-state index in [4.69, 9.17) is 5.73 Å². The van der Waals surface area contributed by atoms with Crippen LogP contribution >= 0.6 is 0 Å². The highest BCUT2D eigenvalue weighted by atomic mass is 15.2. The van der Waals surface area contributed by atoms with Crippen molar-refractivity contribution < 1.29 is 0 Å². The molecular formula is C8H16N2. The SMILES string of the molecule is CC1C2CCN1CCC2N. The molecule has 2 heteroatoms. The lowest BCUT2D eigenvalue weighted by molar-refractivity contribution is 0.172. The number of piperidine rings is 1. The molecule has 10 heavy (non-hydrogen) atoms. The van der Waals surface area contributed by atoms with Crippen molar-refractivity contribution in [3.05, 3.63) is 0 Å². The van der Waals surface area contributed by atoms with Gasteiger partial charge < -0.3 is 10.6 Å². The minimum absolute atomic E-state index is 0.494. The van der Waals surface area contributed by atoms with Crippen LogP contribution in [-0.2, 0) is 0 Å². The maximum atomic E-state index is 5.98. The Bertz CT molecular complexity index is 135. The molecule has 0 aromatic rings. The molecular weight excluding hydrogens is 124 g/mol. The third kappa shape index (κ3) is 0.789. The molecule has 0 saturated carbocycles. The summed E-state index contributed by atoms with van der Waals surface area (Å²) in [6.07, 6.45) is 2.55. The van der Waals surface area contributed by atoms with E-state index in [1.54, 1.807) is 0 Å². The monoisotopic (exact) mass is 140 g/mol. The molecule has 0 aromatic heterocycles. The van der Waals surface area contributed by atoms with Crippen LogP contribution in [0.5, 0.6) is 0 Å². The van der Waals surface area contributed by atoms with Gasteiger partial charge in [0.2, 0.25) is 0 Å². The fraction of sp³-hybridized carbons (Fsp3) is 1.00. The molecule has 0 aromatic carbocycles. The van der Waals surface area contributed by atoms with E-state index >= 15 is 0 Å². The lowest BCUT2D eigenvalue weighted by Crippen LogP contribution is -2.46. The van der Waals surface area contributed by atoms with Crippen LogP contribution in [0, 0.1) is 5.92 Å². The van der Waals surface area contributed by atoms with Crippen LogP contribution in [0.25, 0.3) is 0 Å². The zero-order valence-electron chi connectivity index (χ0n) is 6.59. The van der Waals surface area contributed by atoms with Gasteiger partial charge in [0.1, 0.15) is 0 Å². The van der Waals surface area contributed by atoms with Crippen LogP contribution in [0.3, 0.4) is 0 Å². The van der Waals surface area contributed by atoms with Crippen molar-refractivity contribution in [1.29, 1.82) is 0 Å². The number of nitrogens with two attached hydrogens (primary N) is 1. The summed E-state index contributed by atoms with van der Waals surface area (Å²) >= 11 is 0. The average molecular weight is 140 g/mol. The Labute approximate surface area is 62.4 Å². The number of hydrogen-bond acceptors (Lipinski definition) is 2. The zero-order chi connectivity index (χ0) is 7.14. The second kappa shape index (κ2) is 2.21. The Kier molecular flexibility index (Phi) is 1.46. The predicted octanol–water partition coefficient (Wildman–Crippen LogP) is 0.428. The van der Waals surface area contributed by atoms with Crippen LogP contribution in [0.15, 0.2) is 0 Å². The van der Waals surface area contributed by atoms with Gasteiger partial charge in [0.25, 0.3) is 0 Å². The molecule has 0 spiro atoms. The molecule has 2 rings (SSSR count). The zero-order valence-corrected chi connectivity index (χ0v) is 6.59. The summed E-state index contributed by atoms with van der Waals surface area (Å²) in [4.78, 5) is 2.56. The normalized spacial score (nSPS) is 53.4. The van der Waals surface area contributed by atoms with Gasteiger partial charge in [-0.05, 0) is 38.8 Å². The summed E-state index contributed by atoms with van der Waals surface area (Å²) in [7, 11) is 0. The van der Waals surface area contributed by atoms with Gasteiger partial charge in [-0.1, -0.05) is 0 Å². The van der Waals surface area contributed by atoms with E-state index in [-0.39, 0.29) is 0 Å². The standard InChI is InChI=1S/C8H16N2/c1-6-7-2-4-10(6)5-3-8(7)9/h6-8H,2-5,9H2,1H3. The fourth-order valence-electron chi connectivity index (χ4n) is 2.45. The maximum absolute atomic E-state index is 5.98. The first-order valence-electron chi connectivity index (χ1n) is 4.28. The van der Waals surface area contributed by atoms with Crippen LogP contribution in [0.1, 0.15) is 19.8 Å². The van der Waals surface area contributed by atoms with E-state index in [9.17, 15) is 0 Å². The minimum atomic E-state index is 0.494. The van der Waals surface area contributed by atoms with Crippen LogP contribution in [0.4, 0.5) is 0 Å². The van der Waals surface area contributed by atoms with Crippen LogP contribution in [0.2, 0.25) is 0 Å². The Hall–Kier alpha value is -0.0800. The average Bonchev–Trinajstić information content (AvgIpc) is 2.13. The largest absolute Gasteiger partial charge is 0.327 e. The quantitative estimate of drug-likeness (QED) is 0.528. The molecule has 4 unspecified atom stereocenters. The molecule has 2 N–H and O–H groups in total. The molecule has 2 heterocycles. The first-order valence-corrected chi connectivity index (χ1v) is 4.28. The molecule has 0 radical (unpaired) electrons. The van der Waals surface area contributed by atoms with Crippen molar-refractivity contribution in [3.8, 4) is 0 Å². The van der Waals surface area contributed by atoms with Crippen LogP contribution in [-0.4, -0.2) is 30.1 Å². The predicted molar refractivity (Wildman–Crippen MR) is 41.7 cm³/mol. The summed E-state index contributed by atoms with van der Waals surface area (Å²) in [5.41, 5.74) is 5.98.